The number of rotatable bonds is 8. The lowest BCUT2D eigenvalue weighted by Gasteiger charge is -2.01. The van der Waals surface area contributed by atoms with Gasteiger partial charge in [-0.15, -0.1) is 5.10 Å². The molecule has 0 aliphatic carbocycles. The van der Waals surface area contributed by atoms with Crippen molar-refractivity contribution >= 4 is 34.5 Å². The molecule has 1 N–H and O–H groups in total. The smallest absolute Gasteiger partial charge is 0.362 e. The molecule has 8 nitrogen and oxygen atoms in total. The number of carbonyl (C=O) groups is 2. The van der Waals surface area contributed by atoms with Crippen molar-refractivity contribution in [1.82, 2.24) is 19.4 Å². The van der Waals surface area contributed by atoms with E-state index < -0.39 is 11.9 Å². The summed E-state index contributed by atoms with van der Waals surface area (Å²) in [5.74, 6) is -1.04. The van der Waals surface area contributed by atoms with Gasteiger partial charge < -0.3 is 10.1 Å². The highest BCUT2D eigenvalue weighted by atomic mass is 32.1. The Kier molecular flexibility index (Phi) is 7.01. The van der Waals surface area contributed by atoms with Gasteiger partial charge in [-0.25, -0.2) is 4.79 Å². The van der Waals surface area contributed by atoms with E-state index >= 15 is 0 Å². The molecule has 0 aliphatic rings. The van der Waals surface area contributed by atoms with E-state index in [-0.39, 0.29) is 17.3 Å². The average molecular weight is 460 g/mol. The second-order valence-electron chi connectivity index (χ2n) is 6.98. The van der Waals surface area contributed by atoms with E-state index in [0.717, 1.165) is 33.9 Å². The number of nitrogens with one attached hydrogen (secondary N) is 1. The van der Waals surface area contributed by atoms with Crippen LogP contribution in [-0.2, 0) is 16.1 Å². The van der Waals surface area contributed by atoms with Gasteiger partial charge in [0, 0.05) is 34.9 Å². The number of esters is 1. The molecule has 0 aliphatic heterocycles. The molecule has 0 unspecified atom stereocenters. The van der Waals surface area contributed by atoms with Crippen molar-refractivity contribution in [1.29, 1.82) is 0 Å². The largest absolute Gasteiger partial charge is 0.461 e. The number of nitrogens with zero attached hydrogens (tertiary/aromatic N) is 4. The summed E-state index contributed by atoms with van der Waals surface area (Å²) in [6, 6.07) is 19.8. The molecule has 33 heavy (non-hydrogen) atoms. The van der Waals surface area contributed by atoms with Crippen molar-refractivity contribution in [2.24, 2.45) is 0 Å². The summed E-state index contributed by atoms with van der Waals surface area (Å²) in [4.78, 5) is 24.5. The molecular weight excluding hydrogens is 438 g/mol. The number of ether oxygens (including phenoxy) is 1. The van der Waals surface area contributed by atoms with Crippen molar-refractivity contribution in [2.45, 2.75) is 13.5 Å². The molecule has 0 fully saturated rings. The van der Waals surface area contributed by atoms with Crippen molar-refractivity contribution in [2.75, 3.05) is 11.9 Å². The maximum Gasteiger partial charge on any atom is 0.362 e. The standard InChI is InChI=1S/C24H21N5O3S/c1-2-32-24(31)22-23(33-28-26-22)25-20(30)14-13-19-16-29(15-17-9-5-3-6-10-17)27-21(19)18-11-7-4-8-12-18/h3-14,16H,2,15H2,1H3,(H,25,30)/b14-13+. The van der Waals surface area contributed by atoms with Crippen LogP contribution in [0.25, 0.3) is 17.3 Å². The van der Waals surface area contributed by atoms with Gasteiger partial charge in [0.05, 0.1) is 18.8 Å². The second kappa shape index (κ2) is 10.5. The third kappa shape index (κ3) is 5.58. The Balaban J connectivity index is 1.56. The number of hydrogen-bond donors (Lipinski definition) is 1. The van der Waals surface area contributed by atoms with Gasteiger partial charge in [-0.2, -0.15) is 5.10 Å². The number of anilines is 1. The first-order valence-corrected chi connectivity index (χ1v) is 11.1. The van der Waals surface area contributed by atoms with Crippen LogP contribution in [0, 0.1) is 0 Å². The monoisotopic (exact) mass is 459 g/mol. The molecule has 2 aromatic carbocycles. The van der Waals surface area contributed by atoms with Crippen molar-refractivity contribution in [3.05, 3.63) is 89.8 Å². The molecule has 0 bridgehead atoms. The van der Waals surface area contributed by atoms with E-state index in [0.29, 0.717) is 6.54 Å². The van der Waals surface area contributed by atoms with Gasteiger partial charge in [0.1, 0.15) is 0 Å². The van der Waals surface area contributed by atoms with Crippen LogP contribution in [0.1, 0.15) is 28.5 Å². The first-order valence-electron chi connectivity index (χ1n) is 10.3. The number of amides is 1. The van der Waals surface area contributed by atoms with Crippen LogP contribution in [0.5, 0.6) is 0 Å². The molecular formula is C24H21N5O3S. The molecule has 4 rings (SSSR count). The van der Waals surface area contributed by atoms with Crippen LogP contribution in [-0.4, -0.2) is 37.9 Å². The molecule has 0 atom stereocenters. The summed E-state index contributed by atoms with van der Waals surface area (Å²) in [6.07, 6.45) is 4.99. The summed E-state index contributed by atoms with van der Waals surface area (Å²) in [5.41, 5.74) is 3.62. The third-order valence-corrected chi connectivity index (χ3v) is 5.27. The van der Waals surface area contributed by atoms with E-state index in [2.05, 4.69) is 14.9 Å². The fourth-order valence-corrected chi connectivity index (χ4v) is 3.72. The van der Waals surface area contributed by atoms with E-state index in [4.69, 9.17) is 9.84 Å². The molecule has 0 spiro atoms. The Morgan fingerprint density at radius 3 is 2.55 bits per heavy atom. The van der Waals surface area contributed by atoms with E-state index in [9.17, 15) is 9.59 Å². The highest BCUT2D eigenvalue weighted by Gasteiger charge is 2.19. The van der Waals surface area contributed by atoms with Gasteiger partial charge in [0.2, 0.25) is 11.6 Å². The van der Waals surface area contributed by atoms with Gasteiger partial charge in [0.15, 0.2) is 5.00 Å². The quantitative estimate of drug-likeness (QED) is 0.312. The van der Waals surface area contributed by atoms with Crippen molar-refractivity contribution < 1.29 is 14.3 Å². The minimum atomic E-state index is -0.626. The minimum Gasteiger partial charge on any atom is -0.461 e. The Morgan fingerprint density at radius 2 is 1.82 bits per heavy atom. The number of carbonyl (C=O) groups excluding carboxylic acids is 2. The predicted molar refractivity (Wildman–Crippen MR) is 127 cm³/mol. The van der Waals surface area contributed by atoms with Crippen molar-refractivity contribution in [3.8, 4) is 11.3 Å². The first-order chi connectivity index (χ1) is 16.1. The highest BCUT2D eigenvalue weighted by molar-refractivity contribution is 7.10. The van der Waals surface area contributed by atoms with Gasteiger partial charge in [0.25, 0.3) is 0 Å². The predicted octanol–water partition coefficient (Wildman–Crippen LogP) is 4.28. The fraction of sp³-hybridized carbons (Fsp3) is 0.125. The lowest BCUT2D eigenvalue weighted by atomic mass is 10.1. The van der Waals surface area contributed by atoms with E-state index in [1.807, 2.05) is 71.5 Å². The van der Waals surface area contributed by atoms with Crippen LogP contribution in [0.3, 0.4) is 0 Å². The summed E-state index contributed by atoms with van der Waals surface area (Å²) in [7, 11) is 0. The maximum absolute atomic E-state index is 12.5. The van der Waals surface area contributed by atoms with Gasteiger partial charge in [-0.05, 0) is 18.6 Å². The molecule has 0 radical (unpaired) electrons. The SMILES string of the molecule is CCOC(=O)c1nnsc1NC(=O)/C=C/c1cn(Cc2ccccc2)nc1-c1ccccc1. The fourth-order valence-electron chi connectivity index (χ4n) is 3.16. The van der Waals surface area contributed by atoms with Crippen LogP contribution in [0.2, 0.25) is 0 Å². The normalized spacial score (nSPS) is 10.9. The molecule has 1 amide bonds. The summed E-state index contributed by atoms with van der Waals surface area (Å²) in [6.45, 7) is 2.51. The summed E-state index contributed by atoms with van der Waals surface area (Å²) in [5, 5.41) is 11.4. The molecule has 0 saturated carbocycles. The average Bonchev–Trinajstić information content (AvgIpc) is 3.46. The Hall–Kier alpha value is -4.11. The van der Waals surface area contributed by atoms with Gasteiger partial charge >= 0.3 is 5.97 Å². The highest BCUT2D eigenvalue weighted by Crippen LogP contribution is 2.24. The number of benzene rings is 2. The molecule has 4 aromatic rings. The second-order valence-corrected chi connectivity index (χ2v) is 7.73. The van der Waals surface area contributed by atoms with Crippen molar-refractivity contribution in [3.63, 3.8) is 0 Å². The zero-order valence-electron chi connectivity index (χ0n) is 17.8. The minimum absolute atomic E-state index is 0.00995. The zero-order chi connectivity index (χ0) is 23.0. The molecule has 166 valence electrons. The molecule has 9 heteroatoms. The van der Waals surface area contributed by atoms with Gasteiger partial charge in [-0.1, -0.05) is 65.2 Å². The number of hydrogen-bond acceptors (Lipinski definition) is 7. The van der Waals surface area contributed by atoms with Crippen LogP contribution in [0.15, 0.2) is 72.9 Å². The van der Waals surface area contributed by atoms with Crippen LogP contribution < -0.4 is 5.32 Å². The number of aromatic nitrogens is 4. The third-order valence-electron chi connectivity index (χ3n) is 4.63. The summed E-state index contributed by atoms with van der Waals surface area (Å²) >= 11 is 0.915. The Bertz CT molecular complexity index is 1270. The Labute approximate surface area is 194 Å². The van der Waals surface area contributed by atoms with Crippen LogP contribution >= 0.6 is 11.5 Å². The zero-order valence-corrected chi connectivity index (χ0v) is 18.7. The molecule has 2 aromatic heterocycles. The Morgan fingerprint density at radius 1 is 1.09 bits per heavy atom. The first kappa shape index (κ1) is 22.1. The lowest BCUT2D eigenvalue weighted by molar-refractivity contribution is -0.111. The summed E-state index contributed by atoms with van der Waals surface area (Å²) < 4.78 is 10.5. The topological polar surface area (TPSA) is 99.0 Å². The van der Waals surface area contributed by atoms with E-state index in [1.165, 1.54) is 6.08 Å². The maximum atomic E-state index is 12.5. The molecule has 0 saturated heterocycles. The molecule has 2 heterocycles. The lowest BCUT2D eigenvalue weighted by Crippen LogP contribution is -2.12. The van der Waals surface area contributed by atoms with E-state index in [1.54, 1.807) is 13.0 Å². The van der Waals surface area contributed by atoms with Gasteiger partial charge in [-0.3, -0.25) is 9.48 Å². The van der Waals surface area contributed by atoms with Crippen LogP contribution in [0.4, 0.5) is 5.00 Å².